The minimum Gasteiger partial charge on any atom is -0.465 e. The number of benzene rings is 1. The molecule has 1 aromatic carbocycles. The summed E-state index contributed by atoms with van der Waals surface area (Å²) in [6.07, 6.45) is 1.90. The van der Waals surface area contributed by atoms with Gasteiger partial charge in [0.1, 0.15) is 5.76 Å². The first-order chi connectivity index (χ1) is 11.5. The van der Waals surface area contributed by atoms with Gasteiger partial charge in [-0.2, -0.15) is 0 Å². The van der Waals surface area contributed by atoms with E-state index in [1.165, 1.54) is 7.11 Å². The van der Waals surface area contributed by atoms with Gasteiger partial charge in [-0.1, -0.05) is 0 Å². The number of ether oxygens (including phenoxy) is 1. The number of fused-ring (bicyclic) bond motifs is 1. The number of anilines is 1. The Bertz CT molecular complexity index is 817. The van der Waals surface area contributed by atoms with Crippen molar-refractivity contribution in [2.24, 2.45) is 0 Å². The Morgan fingerprint density at radius 2 is 1.88 bits per heavy atom. The zero-order chi connectivity index (χ0) is 17.3. The summed E-state index contributed by atoms with van der Waals surface area (Å²) in [6.45, 7) is 1.72. The Labute approximate surface area is 138 Å². The van der Waals surface area contributed by atoms with Crippen LogP contribution in [0.25, 0.3) is 0 Å². The highest BCUT2D eigenvalue weighted by Gasteiger charge is 2.28. The van der Waals surface area contributed by atoms with Gasteiger partial charge in [0.2, 0.25) is 0 Å². The molecule has 124 valence electrons. The van der Waals surface area contributed by atoms with Crippen LogP contribution >= 0.6 is 0 Å². The molecule has 0 atom stereocenters. The molecule has 0 unspecified atom stereocenters. The third kappa shape index (κ3) is 2.82. The van der Waals surface area contributed by atoms with Crippen molar-refractivity contribution >= 4 is 23.3 Å². The minimum atomic E-state index is -0.444. The normalized spacial score (nSPS) is 13.3. The maximum absolute atomic E-state index is 12.4. The second kappa shape index (κ2) is 6.31. The summed E-state index contributed by atoms with van der Waals surface area (Å²) >= 11 is 0. The van der Waals surface area contributed by atoms with Crippen molar-refractivity contribution in [2.45, 2.75) is 26.2 Å². The summed E-state index contributed by atoms with van der Waals surface area (Å²) in [5.74, 6) is -0.0809. The van der Waals surface area contributed by atoms with Crippen LogP contribution in [0.2, 0.25) is 0 Å². The van der Waals surface area contributed by atoms with Crippen molar-refractivity contribution in [3.05, 3.63) is 52.5 Å². The molecule has 0 bridgehead atoms. The monoisotopic (exact) mass is 327 g/mol. The first kappa shape index (κ1) is 16.0. The first-order valence-electron chi connectivity index (χ1n) is 7.66. The molecule has 6 heteroatoms. The highest BCUT2D eigenvalue weighted by Crippen LogP contribution is 2.29. The van der Waals surface area contributed by atoms with Crippen LogP contribution < -0.4 is 5.32 Å². The molecule has 1 aliphatic carbocycles. The summed E-state index contributed by atoms with van der Waals surface area (Å²) in [5.41, 5.74) is 2.05. The molecule has 0 aliphatic heterocycles. The van der Waals surface area contributed by atoms with Crippen molar-refractivity contribution in [1.82, 2.24) is 0 Å². The van der Waals surface area contributed by atoms with Gasteiger partial charge in [0.15, 0.2) is 11.5 Å². The average Bonchev–Trinajstić information content (AvgIpc) is 2.93. The van der Waals surface area contributed by atoms with Crippen LogP contribution in [0.15, 0.2) is 28.7 Å². The predicted molar refractivity (Wildman–Crippen MR) is 86.4 cm³/mol. The second-order valence-corrected chi connectivity index (χ2v) is 5.65. The predicted octanol–water partition coefficient (Wildman–Crippen LogP) is 3.15. The number of nitrogens with one attached hydrogen (secondary N) is 1. The van der Waals surface area contributed by atoms with E-state index in [-0.39, 0.29) is 11.5 Å². The number of esters is 1. The van der Waals surface area contributed by atoms with E-state index in [1.54, 1.807) is 31.2 Å². The molecule has 1 amide bonds. The summed E-state index contributed by atoms with van der Waals surface area (Å²) in [7, 11) is 1.31. The quantitative estimate of drug-likeness (QED) is 0.875. The zero-order valence-electron chi connectivity index (χ0n) is 13.5. The summed E-state index contributed by atoms with van der Waals surface area (Å²) in [5, 5.41) is 2.71. The molecule has 0 fully saturated rings. The van der Waals surface area contributed by atoms with E-state index in [2.05, 4.69) is 10.1 Å². The fraction of sp³-hybridized carbons (Fsp3) is 0.278. The van der Waals surface area contributed by atoms with E-state index >= 15 is 0 Å². The molecule has 0 saturated heterocycles. The standard InChI is InChI=1S/C18H17NO5/c1-10-15-13(20)4-3-5-14(15)24-16(10)17(21)19-12-8-6-11(7-9-12)18(22)23-2/h6-9H,3-5H2,1-2H3,(H,19,21). The second-order valence-electron chi connectivity index (χ2n) is 5.65. The van der Waals surface area contributed by atoms with Crippen molar-refractivity contribution in [1.29, 1.82) is 0 Å². The Kier molecular flexibility index (Phi) is 4.20. The largest absolute Gasteiger partial charge is 0.465 e. The van der Waals surface area contributed by atoms with Crippen LogP contribution in [0.5, 0.6) is 0 Å². The van der Waals surface area contributed by atoms with Crippen LogP contribution in [0, 0.1) is 6.92 Å². The topological polar surface area (TPSA) is 85.6 Å². The lowest BCUT2D eigenvalue weighted by atomic mass is 9.94. The van der Waals surface area contributed by atoms with Gasteiger partial charge in [-0.3, -0.25) is 9.59 Å². The van der Waals surface area contributed by atoms with Crippen LogP contribution in [-0.4, -0.2) is 24.8 Å². The minimum absolute atomic E-state index is 0.0268. The lowest BCUT2D eigenvalue weighted by Gasteiger charge is -2.07. The fourth-order valence-corrected chi connectivity index (χ4v) is 2.86. The van der Waals surface area contributed by atoms with E-state index in [0.29, 0.717) is 41.0 Å². The molecule has 6 nitrogen and oxygen atoms in total. The molecule has 1 aromatic heterocycles. The first-order valence-corrected chi connectivity index (χ1v) is 7.66. The maximum atomic E-state index is 12.4. The lowest BCUT2D eigenvalue weighted by Crippen LogP contribution is -2.13. The molecule has 0 radical (unpaired) electrons. The van der Waals surface area contributed by atoms with Gasteiger partial charge in [0.05, 0.1) is 18.2 Å². The Morgan fingerprint density at radius 3 is 2.50 bits per heavy atom. The summed E-state index contributed by atoms with van der Waals surface area (Å²) < 4.78 is 10.2. The molecule has 0 spiro atoms. The molecule has 2 aromatic rings. The highest BCUT2D eigenvalue weighted by atomic mass is 16.5. The van der Waals surface area contributed by atoms with E-state index in [0.717, 1.165) is 6.42 Å². The van der Waals surface area contributed by atoms with Crippen molar-refractivity contribution in [2.75, 3.05) is 12.4 Å². The number of aryl methyl sites for hydroxylation is 1. The van der Waals surface area contributed by atoms with Gasteiger partial charge >= 0.3 is 5.97 Å². The summed E-state index contributed by atoms with van der Waals surface area (Å²) in [4.78, 5) is 35.8. The lowest BCUT2D eigenvalue weighted by molar-refractivity contribution is 0.0600. The van der Waals surface area contributed by atoms with Crippen molar-refractivity contribution < 1.29 is 23.5 Å². The van der Waals surface area contributed by atoms with Crippen molar-refractivity contribution in [3.63, 3.8) is 0 Å². The molecule has 1 aliphatic rings. The average molecular weight is 327 g/mol. The smallest absolute Gasteiger partial charge is 0.337 e. The molecule has 1 N–H and O–H groups in total. The Hall–Kier alpha value is -2.89. The molecular formula is C18H17NO5. The SMILES string of the molecule is COC(=O)c1ccc(NC(=O)c2oc3c(c2C)C(=O)CCC3)cc1. The summed E-state index contributed by atoms with van der Waals surface area (Å²) in [6, 6.07) is 6.33. The number of ketones is 1. The number of carbonyl (C=O) groups excluding carboxylic acids is 3. The number of methoxy groups -OCH3 is 1. The molecule has 0 saturated carbocycles. The highest BCUT2D eigenvalue weighted by molar-refractivity contribution is 6.07. The number of furan rings is 1. The van der Waals surface area contributed by atoms with Gasteiger partial charge in [-0.25, -0.2) is 4.79 Å². The van der Waals surface area contributed by atoms with Gasteiger partial charge in [-0.15, -0.1) is 0 Å². The third-order valence-electron chi connectivity index (χ3n) is 4.08. The molecular weight excluding hydrogens is 310 g/mol. The van der Waals surface area contributed by atoms with E-state index in [4.69, 9.17) is 4.42 Å². The van der Waals surface area contributed by atoms with Crippen LogP contribution in [0.4, 0.5) is 5.69 Å². The van der Waals surface area contributed by atoms with E-state index in [9.17, 15) is 14.4 Å². The number of Topliss-reactive ketones (excluding diaryl/α,β-unsaturated/α-hetero) is 1. The van der Waals surface area contributed by atoms with Crippen LogP contribution in [0.1, 0.15) is 55.4 Å². The maximum Gasteiger partial charge on any atom is 0.337 e. The van der Waals surface area contributed by atoms with Gasteiger partial charge in [0.25, 0.3) is 5.91 Å². The molecule has 24 heavy (non-hydrogen) atoms. The number of carbonyl (C=O) groups is 3. The van der Waals surface area contributed by atoms with Gasteiger partial charge in [0, 0.05) is 24.1 Å². The van der Waals surface area contributed by atoms with E-state index < -0.39 is 11.9 Å². The molecule has 1 heterocycles. The number of hydrogen-bond acceptors (Lipinski definition) is 5. The van der Waals surface area contributed by atoms with Gasteiger partial charge < -0.3 is 14.5 Å². The van der Waals surface area contributed by atoms with Crippen LogP contribution in [0.3, 0.4) is 0 Å². The van der Waals surface area contributed by atoms with E-state index in [1.807, 2.05) is 0 Å². The van der Waals surface area contributed by atoms with Gasteiger partial charge in [-0.05, 0) is 37.6 Å². The Balaban J connectivity index is 1.81. The molecule has 3 rings (SSSR count). The zero-order valence-corrected chi connectivity index (χ0v) is 13.5. The number of hydrogen-bond donors (Lipinski definition) is 1. The fourth-order valence-electron chi connectivity index (χ4n) is 2.86. The number of rotatable bonds is 3. The van der Waals surface area contributed by atoms with Crippen LogP contribution in [-0.2, 0) is 11.2 Å². The van der Waals surface area contributed by atoms with Crippen molar-refractivity contribution in [3.8, 4) is 0 Å². The Morgan fingerprint density at radius 1 is 1.17 bits per heavy atom. The third-order valence-corrected chi connectivity index (χ3v) is 4.08. The number of amides is 1.